The highest BCUT2D eigenvalue weighted by atomic mass is 16.5. The van der Waals surface area contributed by atoms with E-state index in [2.05, 4.69) is 15.2 Å². The number of carbonyl (C=O) groups is 1. The molecule has 1 aromatic carbocycles. The molecule has 0 aliphatic carbocycles. The molecule has 0 radical (unpaired) electrons. The van der Waals surface area contributed by atoms with Crippen LogP contribution in [0.5, 0.6) is 5.75 Å². The Balaban J connectivity index is 1.24. The Kier molecular flexibility index (Phi) is 6.56. The Bertz CT molecular complexity index is 796. The van der Waals surface area contributed by atoms with Crippen LogP contribution in [0.4, 0.5) is 5.95 Å². The van der Waals surface area contributed by atoms with E-state index in [1.165, 1.54) is 0 Å². The van der Waals surface area contributed by atoms with Crippen molar-refractivity contribution < 1.29 is 14.3 Å². The number of aromatic nitrogens is 2. The number of carbonyl (C=O) groups excluding carboxylic acids is 1. The van der Waals surface area contributed by atoms with Gasteiger partial charge in [-0.15, -0.1) is 0 Å². The van der Waals surface area contributed by atoms with Gasteiger partial charge in [-0.3, -0.25) is 4.79 Å². The molecule has 2 fully saturated rings. The van der Waals surface area contributed by atoms with E-state index in [0.717, 1.165) is 63.0 Å². The van der Waals surface area contributed by atoms with Crippen molar-refractivity contribution in [2.24, 2.45) is 0 Å². The predicted molar refractivity (Wildman–Crippen MR) is 110 cm³/mol. The Morgan fingerprint density at radius 2 is 2.00 bits per heavy atom. The standard InChI is InChI=1S/C22H28N4O3/c27-21(10-15-29-19-4-2-1-3-5-19)24-18-7-12-26(16-18)22-23-11-6-20(25-22)17-8-13-28-14-9-17/h1-6,11,17-18H,7-10,12-16H2,(H,24,27). The van der Waals surface area contributed by atoms with Crippen LogP contribution in [0.1, 0.15) is 37.3 Å². The molecule has 0 saturated carbocycles. The second-order valence-corrected chi connectivity index (χ2v) is 7.58. The Morgan fingerprint density at radius 3 is 2.83 bits per heavy atom. The van der Waals surface area contributed by atoms with Crippen LogP contribution < -0.4 is 15.0 Å². The molecule has 3 heterocycles. The first-order valence-corrected chi connectivity index (χ1v) is 10.4. The molecule has 1 N–H and O–H groups in total. The zero-order valence-corrected chi connectivity index (χ0v) is 16.6. The SMILES string of the molecule is O=C(CCOc1ccccc1)NC1CCN(c2nccc(C3CCOCC3)n2)C1. The molecular weight excluding hydrogens is 368 g/mol. The molecule has 4 rings (SSSR count). The van der Waals surface area contributed by atoms with Crippen molar-refractivity contribution in [1.29, 1.82) is 0 Å². The van der Waals surface area contributed by atoms with Gasteiger partial charge in [-0.05, 0) is 37.5 Å². The average Bonchev–Trinajstić information content (AvgIpc) is 3.24. The second kappa shape index (κ2) is 9.69. The van der Waals surface area contributed by atoms with Gasteiger partial charge in [0.2, 0.25) is 11.9 Å². The van der Waals surface area contributed by atoms with Crippen molar-refractivity contribution in [2.75, 3.05) is 37.8 Å². The van der Waals surface area contributed by atoms with Crippen molar-refractivity contribution in [3.05, 3.63) is 48.3 Å². The maximum Gasteiger partial charge on any atom is 0.225 e. The summed E-state index contributed by atoms with van der Waals surface area (Å²) in [6.45, 7) is 3.57. The van der Waals surface area contributed by atoms with Gasteiger partial charge in [0.05, 0.1) is 13.0 Å². The van der Waals surface area contributed by atoms with Crippen molar-refractivity contribution >= 4 is 11.9 Å². The van der Waals surface area contributed by atoms with Crippen LogP contribution in [0.25, 0.3) is 0 Å². The number of para-hydroxylation sites is 1. The number of amides is 1. The molecule has 1 aromatic heterocycles. The van der Waals surface area contributed by atoms with Crippen molar-refractivity contribution in [1.82, 2.24) is 15.3 Å². The first-order chi connectivity index (χ1) is 14.3. The summed E-state index contributed by atoms with van der Waals surface area (Å²) in [4.78, 5) is 23.7. The van der Waals surface area contributed by atoms with E-state index in [0.29, 0.717) is 18.9 Å². The fraction of sp³-hybridized carbons (Fsp3) is 0.500. The first kappa shape index (κ1) is 19.6. The van der Waals surface area contributed by atoms with E-state index in [4.69, 9.17) is 14.5 Å². The number of nitrogens with one attached hydrogen (secondary N) is 1. The smallest absolute Gasteiger partial charge is 0.225 e. The molecular formula is C22H28N4O3. The lowest BCUT2D eigenvalue weighted by Crippen LogP contribution is -2.38. The lowest BCUT2D eigenvalue weighted by atomic mass is 9.96. The molecule has 29 heavy (non-hydrogen) atoms. The maximum atomic E-state index is 12.2. The minimum atomic E-state index is 0.0182. The third-order valence-electron chi connectivity index (χ3n) is 5.48. The highest BCUT2D eigenvalue weighted by Crippen LogP contribution is 2.26. The summed E-state index contributed by atoms with van der Waals surface area (Å²) >= 11 is 0. The average molecular weight is 396 g/mol. The number of rotatable bonds is 7. The fourth-order valence-corrected chi connectivity index (χ4v) is 3.87. The third kappa shape index (κ3) is 5.44. The quantitative estimate of drug-likeness (QED) is 0.775. The van der Waals surface area contributed by atoms with Gasteiger partial charge in [0.15, 0.2) is 0 Å². The van der Waals surface area contributed by atoms with E-state index in [1.54, 1.807) is 0 Å². The molecule has 2 aliphatic heterocycles. The molecule has 1 amide bonds. The lowest BCUT2D eigenvalue weighted by molar-refractivity contribution is -0.122. The number of anilines is 1. The summed E-state index contributed by atoms with van der Waals surface area (Å²) in [7, 11) is 0. The Morgan fingerprint density at radius 1 is 1.17 bits per heavy atom. The van der Waals surface area contributed by atoms with E-state index in [1.807, 2.05) is 42.6 Å². The van der Waals surface area contributed by atoms with Gasteiger partial charge in [-0.25, -0.2) is 9.97 Å². The van der Waals surface area contributed by atoms with Gasteiger partial charge in [-0.1, -0.05) is 18.2 Å². The van der Waals surface area contributed by atoms with E-state index in [-0.39, 0.29) is 11.9 Å². The summed E-state index contributed by atoms with van der Waals surface area (Å²) in [5.74, 6) is 2.02. The topological polar surface area (TPSA) is 76.6 Å². The zero-order chi connectivity index (χ0) is 19.9. The van der Waals surface area contributed by atoms with Crippen LogP contribution in [0.2, 0.25) is 0 Å². The monoisotopic (exact) mass is 396 g/mol. The molecule has 1 atom stereocenters. The number of benzene rings is 1. The number of hydrogen-bond acceptors (Lipinski definition) is 6. The molecule has 7 heteroatoms. The first-order valence-electron chi connectivity index (χ1n) is 10.4. The minimum absolute atomic E-state index is 0.0182. The molecule has 0 bridgehead atoms. The van der Waals surface area contributed by atoms with Crippen molar-refractivity contribution in [3.63, 3.8) is 0 Å². The molecule has 1 unspecified atom stereocenters. The maximum absolute atomic E-state index is 12.2. The van der Waals surface area contributed by atoms with Crippen molar-refractivity contribution in [2.45, 2.75) is 37.6 Å². The van der Waals surface area contributed by atoms with Crippen LogP contribution >= 0.6 is 0 Å². The largest absolute Gasteiger partial charge is 0.493 e. The minimum Gasteiger partial charge on any atom is -0.493 e. The van der Waals surface area contributed by atoms with E-state index >= 15 is 0 Å². The van der Waals surface area contributed by atoms with Crippen LogP contribution in [0, 0.1) is 0 Å². The molecule has 0 spiro atoms. The van der Waals surface area contributed by atoms with Crippen molar-refractivity contribution in [3.8, 4) is 5.75 Å². The molecule has 2 aliphatic rings. The summed E-state index contributed by atoms with van der Waals surface area (Å²) in [6.07, 6.45) is 5.12. The predicted octanol–water partition coefficient (Wildman–Crippen LogP) is 2.53. The molecule has 2 saturated heterocycles. The van der Waals surface area contributed by atoms with E-state index in [9.17, 15) is 4.79 Å². The number of ether oxygens (including phenoxy) is 2. The molecule has 7 nitrogen and oxygen atoms in total. The Hall–Kier alpha value is -2.67. The summed E-state index contributed by atoms with van der Waals surface area (Å²) in [5.41, 5.74) is 1.10. The zero-order valence-electron chi connectivity index (χ0n) is 16.6. The van der Waals surface area contributed by atoms with Crippen LogP contribution in [-0.4, -0.2) is 54.8 Å². The second-order valence-electron chi connectivity index (χ2n) is 7.58. The number of hydrogen-bond donors (Lipinski definition) is 1. The third-order valence-corrected chi connectivity index (χ3v) is 5.48. The summed E-state index contributed by atoms with van der Waals surface area (Å²) in [5, 5.41) is 3.11. The lowest BCUT2D eigenvalue weighted by Gasteiger charge is -2.23. The van der Waals surface area contributed by atoms with Gasteiger partial charge in [0.25, 0.3) is 0 Å². The van der Waals surface area contributed by atoms with Gasteiger partial charge >= 0.3 is 0 Å². The summed E-state index contributed by atoms with van der Waals surface area (Å²) < 4.78 is 11.1. The Labute approximate surface area is 171 Å². The van der Waals surface area contributed by atoms with Gasteiger partial charge in [0, 0.05) is 50.2 Å². The van der Waals surface area contributed by atoms with Crippen LogP contribution in [0.15, 0.2) is 42.6 Å². The summed E-state index contributed by atoms with van der Waals surface area (Å²) in [6, 6.07) is 11.7. The van der Waals surface area contributed by atoms with Gasteiger partial charge in [0.1, 0.15) is 5.75 Å². The van der Waals surface area contributed by atoms with Crippen LogP contribution in [0.3, 0.4) is 0 Å². The van der Waals surface area contributed by atoms with Crippen LogP contribution in [-0.2, 0) is 9.53 Å². The van der Waals surface area contributed by atoms with Gasteiger partial charge in [-0.2, -0.15) is 0 Å². The van der Waals surface area contributed by atoms with Gasteiger partial charge < -0.3 is 19.7 Å². The van der Waals surface area contributed by atoms with E-state index < -0.39 is 0 Å². The fourth-order valence-electron chi connectivity index (χ4n) is 3.87. The molecule has 154 valence electrons. The highest BCUT2D eigenvalue weighted by Gasteiger charge is 2.26. The highest BCUT2D eigenvalue weighted by molar-refractivity contribution is 5.76. The number of nitrogens with zero attached hydrogens (tertiary/aromatic N) is 3. The molecule has 2 aromatic rings. The normalized spacial score (nSPS) is 19.9.